The third kappa shape index (κ3) is 4.13. The number of non-ortho nitro benzene ring substituents is 1. The smallest absolute Gasteiger partial charge is 0.335 e. The van der Waals surface area contributed by atoms with Crippen molar-refractivity contribution in [3.8, 4) is 11.5 Å². The van der Waals surface area contributed by atoms with E-state index in [2.05, 4.69) is 11.9 Å². The molecule has 0 bridgehead atoms. The number of nitro benzene ring substituents is 1. The summed E-state index contributed by atoms with van der Waals surface area (Å²) in [5.74, 6) is -1.75. The molecule has 1 saturated heterocycles. The first-order chi connectivity index (χ1) is 14.8. The van der Waals surface area contributed by atoms with Crippen LogP contribution in [0.1, 0.15) is 11.1 Å². The Morgan fingerprint density at radius 1 is 1.23 bits per heavy atom. The van der Waals surface area contributed by atoms with E-state index in [1.54, 1.807) is 12.1 Å². The van der Waals surface area contributed by atoms with Crippen molar-refractivity contribution in [2.24, 2.45) is 0 Å². The standard InChI is InChI=1S/C21H17N3O7/c1-3-4-13-9-12(11-17(31-2)18(13)25)10-16-19(26)22-21(28)23(20(16)27)14-5-7-15(8-6-14)24(29)30/h3,5-11,25H,1,4H2,2H3,(H,22,26,28)/b16-10+. The number of urea groups is 1. The zero-order chi connectivity index (χ0) is 22.7. The molecule has 2 N–H and O–H groups in total. The number of carbonyl (C=O) groups is 3. The van der Waals surface area contributed by atoms with Crippen molar-refractivity contribution >= 4 is 35.3 Å². The largest absolute Gasteiger partial charge is 0.504 e. The maximum Gasteiger partial charge on any atom is 0.335 e. The molecule has 10 nitrogen and oxygen atoms in total. The van der Waals surface area contributed by atoms with Gasteiger partial charge in [0.15, 0.2) is 11.5 Å². The molecule has 0 saturated carbocycles. The first-order valence-electron chi connectivity index (χ1n) is 8.93. The van der Waals surface area contributed by atoms with Gasteiger partial charge in [-0.1, -0.05) is 6.08 Å². The van der Waals surface area contributed by atoms with Crippen molar-refractivity contribution in [3.63, 3.8) is 0 Å². The molecule has 0 atom stereocenters. The average Bonchev–Trinajstić information content (AvgIpc) is 2.73. The highest BCUT2D eigenvalue weighted by Crippen LogP contribution is 2.33. The Balaban J connectivity index is 2.04. The van der Waals surface area contributed by atoms with Crippen molar-refractivity contribution in [1.29, 1.82) is 0 Å². The van der Waals surface area contributed by atoms with E-state index in [0.717, 1.165) is 12.1 Å². The van der Waals surface area contributed by atoms with E-state index in [1.165, 1.54) is 31.4 Å². The lowest BCUT2D eigenvalue weighted by Gasteiger charge is -2.26. The number of ether oxygens (including phenoxy) is 1. The van der Waals surface area contributed by atoms with Crippen LogP contribution in [0.25, 0.3) is 6.08 Å². The number of nitrogens with zero attached hydrogens (tertiary/aromatic N) is 2. The Kier molecular flexibility index (Phi) is 5.82. The second-order valence-corrected chi connectivity index (χ2v) is 6.46. The monoisotopic (exact) mass is 423 g/mol. The summed E-state index contributed by atoms with van der Waals surface area (Å²) in [6.45, 7) is 3.62. The SMILES string of the molecule is C=CCc1cc(/C=C2\C(=O)NC(=O)N(c3ccc([N+](=O)[O-])cc3)C2=O)cc(OC)c1O. The number of imide groups is 2. The number of phenols is 1. The number of nitrogens with one attached hydrogen (secondary N) is 1. The molecule has 0 spiro atoms. The molecule has 2 aromatic carbocycles. The predicted molar refractivity (Wildman–Crippen MR) is 111 cm³/mol. The number of methoxy groups -OCH3 is 1. The number of phenolic OH excluding ortho intramolecular Hbond substituents is 1. The molecular weight excluding hydrogens is 406 g/mol. The molecule has 10 heteroatoms. The van der Waals surface area contributed by atoms with Crippen LogP contribution in [0.15, 0.2) is 54.6 Å². The van der Waals surface area contributed by atoms with Crippen LogP contribution in [0.2, 0.25) is 0 Å². The summed E-state index contributed by atoms with van der Waals surface area (Å²) in [5.41, 5.74) is 0.347. The van der Waals surface area contributed by atoms with E-state index in [-0.39, 0.29) is 28.4 Å². The molecule has 0 aliphatic carbocycles. The minimum Gasteiger partial charge on any atom is -0.504 e. The van der Waals surface area contributed by atoms with Gasteiger partial charge >= 0.3 is 6.03 Å². The van der Waals surface area contributed by atoms with Crippen molar-refractivity contribution in [2.45, 2.75) is 6.42 Å². The summed E-state index contributed by atoms with van der Waals surface area (Å²) in [6.07, 6.45) is 3.14. The quantitative estimate of drug-likeness (QED) is 0.239. The molecular formula is C21H17N3O7. The number of barbiturate groups is 1. The van der Waals surface area contributed by atoms with E-state index in [0.29, 0.717) is 22.4 Å². The first-order valence-corrected chi connectivity index (χ1v) is 8.93. The Hall–Kier alpha value is -4.47. The molecule has 158 valence electrons. The average molecular weight is 423 g/mol. The number of hydrogen-bond donors (Lipinski definition) is 2. The van der Waals surface area contributed by atoms with Gasteiger partial charge in [0.2, 0.25) is 0 Å². The number of nitro groups is 1. The van der Waals surface area contributed by atoms with Crippen LogP contribution in [-0.4, -0.2) is 35.0 Å². The lowest BCUT2D eigenvalue weighted by molar-refractivity contribution is -0.384. The molecule has 0 radical (unpaired) electrons. The van der Waals surface area contributed by atoms with Gasteiger partial charge in [-0.15, -0.1) is 6.58 Å². The van der Waals surface area contributed by atoms with Crippen LogP contribution in [0.3, 0.4) is 0 Å². The minimum atomic E-state index is -0.975. The lowest BCUT2D eigenvalue weighted by Crippen LogP contribution is -2.54. The van der Waals surface area contributed by atoms with Crippen molar-refractivity contribution in [3.05, 3.63) is 75.9 Å². The number of anilines is 1. The molecule has 2 aromatic rings. The highest BCUT2D eigenvalue weighted by atomic mass is 16.6. The summed E-state index contributed by atoms with van der Waals surface area (Å²) in [6, 6.07) is 6.76. The number of carbonyl (C=O) groups excluding carboxylic acids is 3. The molecule has 0 unspecified atom stereocenters. The van der Waals surface area contributed by atoms with E-state index in [1.807, 2.05) is 0 Å². The third-order valence-electron chi connectivity index (χ3n) is 4.49. The number of amides is 4. The van der Waals surface area contributed by atoms with Gasteiger partial charge in [0.1, 0.15) is 5.57 Å². The van der Waals surface area contributed by atoms with Crippen molar-refractivity contribution in [2.75, 3.05) is 12.0 Å². The van der Waals surface area contributed by atoms with Crippen LogP contribution >= 0.6 is 0 Å². The highest BCUT2D eigenvalue weighted by molar-refractivity contribution is 6.39. The van der Waals surface area contributed by atoms with Gasteiger partial charge in [0.25, 0.3) is 17.5 Å². The summed E-state index contributed by atoms with van der Waals surface area (Å²) in [4.78, 5) is 48.5. The Morgan fingerprint density at radius 3 is 2.48 bits per heavy atom. The molecule has 31 heavy (non-hydrogen) atoms. The van der Waals surface area contributed by atoms with E-state index in [4.69, 9.17) is 4.74 Å². The number of aromatic hydroxyl groups is 1. The van der Waals surface area contributed by atoms with Crippen LogP contribution in [0.4, 0.5) is 16.2 Å². The molecule has 1 aliphatic rings. The fourth-order valence-electron chi connectivity index (χ4n) is 3.02. The summed E-state index contributed by atoms with van der Waals surface area (Å²) in [7, 11) is 1.36. The van der Waals surface area contributed by atoms with Gasteiger partial charge in [-0.25, -0.2) is 9.69 Å². The molecule has 1 fully saturated rings. The Labute approximate surface area is 176 Å². The van der Waals surface area contributed by atoms with Crippen molar-refractivity contribution in [1.82, 2.24) is 5.32 Å². The van der Waals surface area contributed by atoms with Crippen molar-refractivity contribution < 1.29 is 29.2 Å². The molecule has 4 amide bonds. The van der Waals surface area contributed by atoms with Crippen LogP contribution in [0, 0.1) is 10.1 Å². The van der Waals surface area contributed by atoms with Gasteiger partial charge in [-0.05, 0) is 42.3 Å². The van der Waals surface area contributed by atoms with Crippen LogP contribution in [0.5, 0.6) is 11.5 Å². The fourth-order valence-corrected chi connectivity index (χ4v) is 3.02. The maximum atomic E-state index is 12.9. The van der Waals surface area contributed by atoms with E-state index in [9.17, 15) is 29.6 Å². The van der Waals surface area contributed by atoms with Gasteiger partial charge in [-0.2, -0.15) is 0 Å². The Morgan fingerprint density at radius 2 is 1.90 bits per heavy atom. The third-order valence-corrected chi connectivity index (χ3v) is 4.49. The van der Waals surface area contributed by atoms with E-state index >= 15 is 0 Å². The number of rotatable bonds is 6. The maximum absolute atomic E-state index is 12.9. The molecule has 1 aliphatic heterocycles. The molecule has 1 heterocycles. The van der Waals surface area contributed by atoms with Gasteiger partial charge < -0.3 is 9.84 Å². The highest BCUT2D eigenvalue weighted by Gasteiger charge is 2.37. The normalized spacial score (nSPS) is 15.1. The zero-order valence-electron chi connectivity index (χ0n) is 16.3. The molecule has 3 rings (SSSR count). The Bertz CT molecular complexity index is 1140. The van der Waals surface area contributed by atoms with E-state index < -0.39 is 22.8 Å². The number of benzene rings is 2. The fraction of sp³-hybridized carbons (Fsp3) is 0.0952. The predicted octanol–water partition coefficient (Wildman–Crippen LogP) is 2.70. The van der Waals surface area contributed by atoms with Gasteiger partial charge in [0.05, 0.1) is 17.7 Å². The summed E-state index contributed by atoms with van der Waals surface area (Å²) in [5, 5.41) is 23.1. The topological polar surface area (TPSA) is 139 Å². The number of allylic oxidation sites excluding steroid dienone is 1. The second kappa shape index (κ2) is 8.49. The molecule has 0 aromatic heterocycles. The number of hydrogen-bond acceptors (Lipinski definition) is 7. The van der Waals surface area contributed by atoms with Crippen LogP contribution in [-0.2, 0) is 16.0 Å². The second-order valence-electron chi connectivity index (χ2n) is 6.46. The van der Waals surface area contributed by atoms with Gasteiger partial charge in [0, 0.05) is 17.7 Å². The first kappa shape index (κ1) is 21.2. The summed E-state index contributed by atoms with van der Waals surface area (Å²) < 4.78 is 5.13. The lowest BCUT2D eigenvalue weighted by atomic mass is 10.0. The zero-order valence-corrected chi connectivity index (χ0v) is 16.3. The van der Waals surface area contributed by atoms with Gasteiger partial charge in [-0.3, -0.25) is 25.0 Å². The van der Waals surface area contributed by atoms with Crippen LogP contribution < -0.4 is 15.0 Å². The summed E-state index contributed by atoms with van der Waals surface area (Å²) >= 11 is 0. The minimum absolute atomic E-state index is 0.0575.